The zero-order valence-corrected chi connectivity index (χ0v) is 16.9. The molecule has 1 aliphatic rings. The molecule has 1 aliphatic carbocycles. The van der Waals surface area contributed by atoms with E-state index >= 15 is 4.39 Å². The molecule has 0 saturated heterocycles. The van der Waals surface area contributed by atoms with Crippen LogP contribution in [0, 0.1) is 5.82 Å². The summed E-state index contributed by atoms with van der Waals surface area (Å²) in [4.78, 5) is 10.7. The number of ether oxygens (including phenoxy) is 1. The molecule has 5 nitrogen and oxygen atoms in total. The fraction of sp³-hybridized carbons (Fsp3) is 0.611. The number of hydrogen-bond acceptors (Lipinski definition) is 4. The molecule has 0 heterocycles. The average Bonchev–Trinajstić information content (AvgIpc) is 2.54. The van der Waals surface area contributed by atoms with Crippen LogP contribution >= 0.6 is 0 Å². The highest BCUT2D eigenvalue weighted by atomic mass is 32.2. The Morgan fingerprint density at radius 1 is 1.14 bits per heavy atom. The Balaban J connectivity index is 2.17. The van der Waals surface area contributed by atoms with Crippen molar-refractivity contribution in [3.63, 3.8) is 0 Å². The van der Waals surface area contributed by atoms with E-state index in [0.717, 1.165) is 0 Å². The van der Waals surface area contributed by atoms with Crippen molar-refractivity contribution in [1.29, 1.82) is 0 Å². The van der Waals surface area contributed by atoms with Gasteiger partial charge in [-0.3, -0.25) is 0 Å². The third-order valence-corrected chi connectivity index (χ3v) is 6.65. The molecule has 1 N–H and O–H groups in total. The quantitative estimate of drug-likeness (QED) is 0.685. The minimum atomic E-state index is -4.98. The summed E-state index contributed by atoms with van der Waals surface area (Å²) in [7, 11) is -4.91. The first-order valence-electron chi connectivity index (χ1n) is 8.84. The van der Waals surface area contributed by atoms with Gasteiger partial charge in [0.25, 0.3) is 0 Å². The number of amides is 1. The fourth-order valence-electron chi connectivity index (χ4n) is 2.99. The monoisotopic (exact) mass is 443 g/mol. The van der Waals surface area contributed by atoms with Crippen LogP contribution in [0.5, 0.6) is 0 Å². The van der Waals surface area contributed by atoms with Gasteiger partial charge in [-0.15, -0.1) is 0 Å². The van der Waals surface area contributed by atoms with Gasteiger partial charge < -0.3 is 10.1 Å². The van der Waals surface area contributed by atoms with Crippen LogP contribution in [0.3, 0.4) is 0 Å². The van der Waals surface area contributed by atoms with Crippen LogP contribution < -0.4 is 5.32 Å². The van der Waals surface area contributed by atoms with Crippen molar-refractivity contribution in [3.05, 3.63) is 29.6 Å². The molecule has 0 aliphatic heterocycles. The van der Waals surface area contributed by atoms with Crippen LogP contribution in [0.15, 0.2) is 23.1 Å². The number of carbonyl (C=O) groups excluding carboxylic acids is 1. The summed E-state index contributed by atoms with van der Waals surface area (Å²) in [5, 5.41) is -0.336. The first-order chi connectivity index (χ1) is 13.0. The first kappa shape index (κ1) is 23.4. The summed E-state index contributed by atoms with van der Waals surface area (Å²) >= 11 is 0. The number of alkyl halides is 4. The number of sulfone groups is 1. The lowest BCUT2D eigenvalue weighted by atomic mass is 9.95. The van der Waals surface area contributed by atoms with Crippen LogP contribution in [0.2, 0.25) is 0 Å². The summed E-state index contributed by atoms with van der Waals surface area (Å²) in [6.07, 6.45) is -7.95. The number of benzene rings is 1. The summed E-state index contributed by atoms with van der Waals surface area (Å²) in [5.74, 6) is -1.43. The number of alkyl carbamates (subject to hydrolysis) is 1. The van der Waals surface area contributed by atoms with Gasteiger partial charge in [-0.1, -0.05) is 0 Å². The summed E-state index contributed by atoms with van der Waals surface area (Å²) in [6.45, 7) is 5.17. The van der Waals surface area contributed by atoms with Crippen molar-refractivity contribution in [2.24, 2.45) is 0 Å². The van der Waals surface area contributed by atoms with Crippen LogP contribution in [0.25, 0.3) is 0 Å². The Kier molecular flexibility index (Phi) is 6.23. The van der Waals surface area contributed by atoms with Gasteiger partial charge in [-0.05, 0) is 64.7 Å². The van der Waals surface area contributed by atoms with E-state index < -0.39 is 67.9 Å². The number of halogens is 5. The van der Waals surface area contributed by atoms with E-state index in [4.69, 9.17) is 4.74 Å². The van der Waals surface area contributed by atoms with Crippen molar-refractivity contribution in [3.8, 4) is 0 Å². The topological polar surface area (TPSA) is 72.5 Å². The zero-order chi connectivity index (χ0) is 22.3. The van der Waals surface area contributed by atoms with Crippen LogP contribution in [-0.2, 0) is 20.8 Å². The molecule has 11 heteroatoms. The Labute approximate surface area is 165 Å². The second kappa shape index (κ2) is 7.73. The molecule has 29 heavy (non-hydrogen) atoms. The van der Waals surface area contributed by atoms with Gasteiger partial charge in [0.1, 0.15) is 11.9 Å². The van der Waals surface area contributed by atoms with Crippen molar-refractivity contribution >= 4 is 15.9 Å². The van der Waals surface area contributed by atoms with E-state index in [0.29, 0.717) is 6.07 Å². The Bertz CT molecular complexity index is 869. The van der Waals surface area contributed by atoms with E-state index in [-0.39, 0.29) is 25.0 Å². The maximum Gasteiger partial charge on any atom is 0.416 e. The average molecular weight is 443 g/mol. The second-order valence-corrected chi connectivity index (χ2v) is 10.2. The predicted molar refractivity (Wildman–Crippen MR) is 94.1 cm³/mol. The molecule has 0 spiro atoms. The normalized spacial score (nSPS) is 23.5. The highest BCUT2D eigenvalue weighted by Gasteiger charge is 2.49. The maximum atomic E-state index is 15.2. The number of hydrogen-bond donors (Lipinski definition) is 1. The highest BCUT2D eigenvalue weighted by Crippen LogP contribution is 2.42. The Hall–Kier alpha value is -1.91. The summed E-state index contributed by atoms with van der Waals surface area (Å²) in [6, 6.07) is 0.729. The molecule has 1 aromatic carbocycles. The van der Waals surface area contributed by atoms with Gasteiger partial charge >= 0.3 is 12.3 Å². The molecule has 1 fully saturated rings. The molecule has 1 aromatic rings. The molecule has 0 aromatic heterocycles. The minimum absolute atomic E-state index is 0.141. The molecule has 0 radical (unpaired) electrons. The molecular weight excluding hydrogens is 421 g/mol. The minimum Gasteiger partial charge on any atom is -0.446 e. The third-order valence-electron chi connectivity index (χ3n) is 4.42. The Morgan fingerprint density at radius 2 is 1.69 bits per heavy atom. The smallest absolute Gasteiger partial charge is 0.416 e. The lowest BCUT2D eigenvalue weighted by Gasteiger charge is -2.33. The fourth-order valence-corrected chi connectivity index (χ4v) is 4.73. The molecule has 2 rings (SSSR count). The van der Waals surface area contributed by atoms with Crippen molar-refractivity contribution in [2.75, 3.05) is 0 Å². The molecule has 164 valence electrons. The number of rotatable bonds is 3. The van der Waals surface area contributed by atoms with E-state index in [1.54, 1.807) is 20.8 Å². The van der Waals surface area contributed by atoms with E-state index in [9.17, 15) is 30.8 Å². The van der Waals surface area contributed by atoms with Crippen LogP contribution in [0.4, 0.5) is 26.7 Å². The lowest BCUT2D eigenvalue weighted by Crippen LogP contribution is -2.44. The molecular formula is C18H22F5NO4S. The number of carbonyl (C=O) groups is 1. The molecule has 0 atom stereocenters. The predicted octanol–water partition coefficient (Wildman–Crippen LogP) is 4.75. The molecule has 1 saturated carbocycles. The van der Waals surface area contributed by atoms with Gasteiger partial charge in [0.2, 0.25) is 14.8 Å². The van der Waals surface area contributed by atoms with E-state index in [2.05, 4.69) is 5.32 Å². The van der Waals surface area contributed by atoms with Gasteiger partial charge in [-0.25, -0.2) is 22.0 Å². The van der Waals surface area contributed by atoms with Crippen LogP contribution in [0.1, 0.15) is 52.0 Å². The van der Waals surface area contributed by atoms with Gasteiger partial charge in [0, 0.05) is 5.54 Å². The Morgan fingerprint density at radius 3 is 2.17 bits per heavy atom. The van der Waals surface area contributed by atoms with E-state index in [1.807, 2.05) is 0 Å². The van der Waals surface area contributed by atoms with Crippen molar-refractivity contribution in [2.45, 2.75) is 74.2 Å². The molecule has 0 bridgehead atoms. The SMILES string of the molecule is CC(C)(C)NC(=O)O[C@H]1CC[C@@](F)(S(=O)(=O)c2cc(F)cc(C(F)(F)F)c2)CC1. The van der Waals surface area contributed by atoms with Gasteiger partial charge in [0.15, 0.2) is 0 Å². The largest absolute Gasteiger partial charge is 0.446 e. The lowest BCUT2D eigenvalue weighted by molar-refractivity contribution is -0.137. The second-order valence-electron chi connectivity index (χ2n) is 8.04. The maximum absolute atomic E-state index is 15.2. The molecule has 0 unspecified atom stereocenters. The third kappa shape index (κ3) is 5.58. The van der Waals surface area contributed by atoms with Crippen LogP contribution in [-0.4, -0.2) is 31.2 Å². The van der Waals surface area contributed by atoms with Gasteiger partial charge in [-0.2, -0.15) is 13.2 Å². The van der Waals surface area contributed by atoms with Gasteiger partial charge in [0.05, 0.1) is 10.5 Å². The zero-order valence-electron chi connectivity index (χ0n) is 16.1. The standard InChI is InChI=1S/C18H22F5NO4S/c1-16(2,3)24-15(25)28-13-4-6-17(20,7-5-13)29(26,27)14-9-11(18(21,22)23)8-12(19)10-14/h8-10,13H,4-7H2,1-3H3,(H,24,25)/t13-,17+. The summed E-state index contributed by atoms with van der Waals surface area (Å²) < 4.78 is 97.8. The van der Waals surface area contributed by atoms with E-state index in [1.165, 1.54) is 0 Å². The number of nitrogens with one attached hydrogen (secondary N) is 1. The van der Waals surface area contributed by atoms with Crippen molar-refractivity contribution in [1.82, 2.24) is 5.32 Å². The molecule has 1 amide bonds. The summed E-state index contributed by atoms with van der Waals surface area (Å²) in [5.41, 5.74) is -2.08. The van der Waals surface area contributed by atoms with Crippen molar-refractivity contribution < 1.29 is 39.9 Å². The first-order valence-corrected chi connectivity index (χ1v) is 10.3. The highest BCUT2D eigenvalue weighted by molar-refractivity contribution is 7.92.